The van der Waals surface area contributed by atoms with Gasteiger partial charge in [-0.1, -0.05) is 12.1 Å². The van der Waals surface area contributed by atoms with Gasteiger partial charge in [0.1, 0.15) is 24.4 Å². The summed E-state index contributed by atoms with van der Waals surface area (Å²) >= 11 is 0. The van der Waals surface area contributed by atoms with Crippen molar-refractivity contribution in [3.8, 4) is 5.75 Å². The Labute approximate surface area is 168 Å². The first-order chi connectivity index (χ1) is 14.0. The maximum absolute atomic E-state index is 10.3. The van der Waals surface area contributed by atoms with E-state index in [4.69, 9.17) is 9.47 Å². The Morgan fingerprint density at radius 1 is 1.21 bits per heavy atom. The van der Waals surface area contributed by atoms with Crippen molar-refractivity contribution in [2.24, 2.45) is 0 Å². The first-order valence-corrected chi connectivity index (χ1v) is 9.90. The summed E-state index contributed by atoms with van der Waals surface area (Å²) in [5, 5.41) is 48.6. The van der Waals surface area contributed by atoms with E-state index in [1.165, 1.54) is 12.6 Å². The molecule has 9 nitrogen and oxygen atoms in total. The van der Waals surface area contributed by atoms with E-state index in [-0.39, 0.29) is 0 Å². The lowest BCUT2D eigenvalue weighted by atomic mass is 9.98. The number of aromatic nitrogens is 2. The van der Waals surface area contributed by atoms with Crippen molar-refractivity contribution in [3.05, 3.63) is 30.0 Å². The molecule has 9 heteroatoms. The lowest BCUT2D eigenvalue weighted by molar-refractivity contribution is -0.277. The first kappa shape index (κ1) is 20.4. The van der Waals surface area contributed by atoms with Crippen molar-refractivity contribution in [2.75, 3.05) is 20.2 Å². The number of aliphatic hydroxyl groups excluding tert-OH is 4. The van der Waals surface area contributed by atoms with Crippen LogP contribution in [0, 0.1) is 0 Å². The van der Waals surface area contributed by atoms with Crippen molar-refractivity contribution >= 4 is 10.9 Å². The van der Waals surface area contributed by atoms with Crippen LogP contribution in [-0.2, 0) is 11.2 Å². The van der Waals surface area contributed by atoms with E-state index >= 15 is 0 Å². The van der Waals surface area contributed by atoms with Crippen molar-refractivity contribution in [2.45, 2.75) is 56.0 Å². The zero-order valence-electron chi connectivity index (χ0n) is 16.3. The predicted octanol–water partition coefficient (Wildman–Crippen LogP) is -0.555. The smallest absolute Gasteiger partial charge is 0.229 e. The number of likely N-dealkylation sites (tertiary alicyclic amines) is 1. The molecule has 2 aliphatic rings. The number of hydrogen-bond donors (Lipinski definition) is 4. The average molecular weight is 405 g/mol. The number of aliphatic hydroxyl groups is 4. The van der Waals surface area contributed by atoms with Gasteiger partial charge < -0.3 is 34.8 Å². The van der Waals surface area contributed by atoms with Gasteiger partial charge in [-0.3, -0.25) is 0 Å². The van der Waals surface area contributed by atoms with Gasteiger partial charge in [-0.2, -0.15) is 10.2 Å². The zero-order chi connectivity index (χ0) is 20.5. The molecule has 0 bridgehead atoms. The summed E-state index contributed by atoms with van der Waals surface area (Å²) < 4.78 is 11.4. The molecule has 6 atom stereocenters. The lowest BCUT2D eigenvalue weighted by Crippen LogP contribution is -2.60. The lowest BCUT2D eigenvalue weighted by Gasteiger charge is -2.39. The molecule has 4 rings (SSSR count). The first-order valence-electron chi connectivity index (χ1n) is 9.90. The van der Waals surface area contributed by atoms with Crippen LogP contribution in [0.5, 0.6) is 5.75 Å². The summed E-state index contributed by atoms with van der Waals surface area (Å²) in [7, 11) is 2.12. The zero-order valence-corrected chi connectivity index (χ0v) is 16.3. The maximum Gasteiger partial charge on any atom is 0.229 e. The van der Waals surface area contributed by atoms with Crippen LogP contribution in [-0.4, -0.2) is 92.5 Å². The highest BCUT2D eigenvalue weighted by Crippen LogP contribution is 2.32. The molecule has 4 N–H and O–H groups in total. The standard InChI is InChI=1S/C20H27N3O6/c1-23-7-3-5-12(23)8-11-4-2-6-13-16(11)14(9-21-22-13)28-20-19(27)18(26)17(25)15(10-24)29-20/h2,4,6,9,12,15,17-20,24-27H,3,5,7-8,10H2,1H3/t12-,15-,17-,18-,19-,20-/m1/s1. The number of hydrogen-bond acceptors (Lipinski definition) is 9. The van der Waals surface area contributed by atoms with Crippen LogP contribution in [0.1, 0.15) is 18.4 Å². The highest BCUT2D eigenvalue weighted by molar-refractivity contribution is 5.87. The van der Waals surface area contributed by atoms with Crippen molar-refractivity contribution in [1.29, 1.82) is 0 Å². The van der Waals surface area contributed by atoms with Gasteiger partial charge in [0, 0.05) is 11.4 Å². The summed E-state index contributed by atoms with van der Waals surface area (Å²) in [5.41, 5.74) is 1.71. The monoisotopic (exact) mass is 405 g/mol. The molecule has 1 aromatic carbocycles. The topological polar surface area (TPSA) is 128 Å². The molecule has 1 aromatic heterocycles. The average Bonchev–Trinajstić information content (AvgIpc) is 3.13. The minimum Gasteiger partial charge on any atom is -0.460 e. The number of rotatable bonds is 5. The Morgan fingerprint density at radius 3 is 2.76 bits per heavy atom. The highest BCUT2D eigenvalue weighted by atomic mass is 16.7. The van der Waals surface area contributed by atoms with Gasteiger partial charge in [0.15, 0.2) is 5.75 Å². The van der Waals surface area contributed by atoms with E-state index in [9.17, 15) is 20.4 Å². The third-order valence-electron chi connectivity index (χ3n) is 5.93. The molecule has 2 saturated heterocycles. The molecule has 2 aromatic rings. The minimum absolute atomic E-state index is 0.371. The Bertz CT molecular complexity index is 845. The number of fused-ring (bicyclic) bond motifs is 1. The second kappa shape index (κ2) is 8.47. The van der Waals surface area contributed by atoms with Gasteiger partial charge in [-0.15, -0.1) is 0 Å². The molecule has 2 aliphatic heterocycles. The third kappa shape index (κ3) is 3.94. The van der Waals surface area contributed by atoms with E-state index in [2.05, 4.69) is 22.1 Å². The van der Waals surface area contributed by atoms with Crippen molar-refractivity contribution in [1.82, 2.24) is 15.1 Å². The summed E-state index contributed by atoms with van der Waals surface area (Å²) in [6, 6.07) is 6.22. The SMILES string of the molecule is CN1CCC[C@@H]1Cc1cccc2nncc(O[C@@H]3O[C@H](CO)[C@@H](O)[C@@H](O)[C@H]3O)c12. The van der Waals surface area contributed by atoms with Crippen molar-refractivity contribution in [3.63, 3.8) is 0 Å². The van der Waals surface area contributed by atoms with Gasteiger partial charge in [-0.25, -0.2) is 0 Å². The second-order valence-corrected chi connectivity index (χ2v) is 7.82. The molecule has 0 unspecified atom stereocenters. The molecule has 2 fully saturated rings. The number of likely N-dealkylation sites (N-methyl/N-ethyl adjacent to an activating group) is 1. The Morgan fingerprint density at radius 2 is 2.03 bits per heavy atom. The Kier molecular flexibility index (Phi) is 5.95. The van der Waals surface area contributed by atoms with Crippen LogP contribution in [0.3, 0.4) is 0 Å². The molecule has 0 saturated carbocycles. The Hall–Kier alpha value is -1.88. The normalized spacial score (nSPS) is 33.3. The molecule has 158 valence electrons. The molecule has 29 heavy (non-hydrogen) atoms. The number of nitrogens with zero attached hydrogens (tertiary/aromatic N) is 3. The van der Waals surface area contributed by atoms with Crippen LogP contribution >= 0.6 is 0 Å². The molecule has 3 heterocycles. The predicted molar refractivity (Wildman–Crippen MR) is 103 cm³/mol. The minimum atomic E-state index is -1.50. The summed E-state index contributed by atoms with van der Waals surface area (Å²) in [6.07, 6.45) is -2.16. The van der Waals surface area contributed by atoms with Crippen LogP contribution < -0.4 is 4.74 Å². The van der Waals surface area contributed by atoms with Crippen LogP contribution in [0.25, 0.3) is 10.9 Å². The van der Waals surface area contributed by atoms with Gasteiger partial charge in [0.2, 0.25) is 6.29 Å². The quantitative estimate of drug-likeness (QED) is 0.518. The van der Waals surface area contributed by atoms with Gasteiger partial charge in [0.25, 0.3) is 0 Å². The van der Waals surface area contributed by atoms with E-state index in [0.29, 0.717) is 17.3 Å². The van der Waals surface area contributed by atoms with E-state index < -0.39 is 37.3 Å². The molecule has 0 spiro atoms. The number of ether oxygens (including phenoxy) is 2. The third-order valence-corrected chi connectivity index (χ3v) is 5.93. The summed E-state index contributed by atoms with van der Waals surface area (Å²) in [5.74, 6) is 0.371. The largest absolute Gasteiger partial charge is 0.460 e. The van der Waals surface area contributed by atoms with E-state index in [0.717, 1.165) is 30.3 Å². The molecular weight excluding hydrogens is 378 g/mol. The van der Waals surface area contributed by atoms with Gasteiger partial charge >= 0.3 is 0 Å². The number of benzene rings is 1. The fourth-order valence-electron chi connectivity index (χ4n) is 4.20. The molecule has 0 radical (unpaired) electrons. The van der Waals surface area contributed by atoms with Gasteiger partial charge in [-0.05, 0) is 44.5 Å². The van der Waals surface area contributed by atoms with E-state index in [1.807, 2.05) is 18.2 Å². The fraction of sp³-hybridized carbons (Fsp3) is 0.600. The summed E-state index contributed by atoms with van der Waals surface area (Å²) in [4.78, 5) is 2.34. The fourth-order valence-corrected chi connectivity index (χ4v) is 4.20. The van der Waals surface area contributed by atoms with Crippen molar-refractivity contribution < 1.29 is 29.9 Å². The molecule has 0 aliphatic carbocycles. The highest BCUT2D eigenvalue weighted by Gasteiger charge is 2.45. The van der Waals surface area contributed by atoms with Crippen LogP contribution in [0.2, 0.25) is 0 Å². The van der Waals surface area contributed by atoms with E-state index in [1.54, 1.807) is 0 Å². The maximum atomic E-state index is 10.3. The van der Waals surface area contributed by atoms with Crippen LogP contribution in [0.4, 0.5) is 0 Å². The Balaban J connectivity index is 1.65. The summed E-state index contributed by atoms with van der Waals surface area (Å²) in [6.45, 7) is 0.558. The van der Waals surface area contributed by atoms with Crippen LogP contribution in [0.15, 0.2) is 24.4 Å². The second-order valence-electron chi connectivity index (χ2n) is 7.82. The molecular formula is C20H27N3O6. The van der Waals surface area contributed by atoms with Gasteiger partial charge in [0.05, 0.1) is 18.3 Å². The molecule has 0 amide bonds.